The van der Waals surface area contributed by atoms with Crippen LogP contribution >= 0.6 is 27.3 Å². The van der Waals surface area contributed by atoms with Crippen LogP contribution in [0.2, 0.25) is 0 Å². The molecule has 1 aromatic heterocycles. The van der Waals surface area contributed by atoms with Crippen molar-refractivity contribution < 1.29 is 13.2 Å². The summed E-state index contributed by atoms with van der Waals surface area (Å²) >= 11 is 4.91. The van der Waals surface area contributed by atoms with Crippen molar-refractivity contribution in [2.45, 2.75) is 4.83 Å². The van der Waals surface area contributed by atoms with Gasteiger partial charge in [0.05, 0.1) is 4.83 Å². The van der Waals surface area contributed by atoms with Crippen molar-refractivity contribution >= 4 is 37.4 Å². The van der Waals surface area contributed by atoms with Gasteiger partial charge >= 0.3 is 0 Å². The largest absolute Gasteiger partial charge is 0.207 e. The van der Waals surface area contributed by atoms with E-state index in [1.807, 2.05) is 29.6 Å². The Hall–Kier alpha value is -1.33. The zero-order valence-electron chi connectivity index (χ0n) is 10.0. The smallest absolute Gasteiger partial charge is 0.161 e. The number of hydrogen-bond donors (Lipinski definition) is 0. The van der Waals surface area contributed by atoms with Crippen molar-refractivity contribution in [1.82, 2.24) is 0 Å². The van der Waals surface area contributed by atoms with Crippen LogP contribution in [0.1, 0.15) is 16.0 Å². The maximum Gasteiger partial charge on any atom is 0.161 e. The predicted molar refractivity (Wildman–Crippen MR) is 78.9 cm³/mol. The number of fused-ring (bicyclic) bond motifs is 1. The Balaban J connectivity index is 2.13. The number of rotatable bonds is 2. The first-order valence-corrected chi connectivity index (χ1v) is 7.62. The molecule has 0 N–H and O–H groups in total. The van der Waals surface area contributed by atoms with Crippen LogP contribution in [-0.2, 0) is 0 Å². The Morgan fingerprint density at radius 1 is 0.900 bits per heavy atom. The van der Waals surface area contributed by atoms with Gasteiger partial charge in [0, 0.05) is 16.3 Å². The maximum absolute atomic E-state index is 13.8. The van der Waals surface area contributed by atoms with Crippen LogP contribution in [0.5, 0.6) is 0 Å². The lowest BCUT2D eigenvalue weighted by atomic mass is 10.0. The highest BCUT2D eigenvalue weighted by Gasteiger charge is 2.20. The summed E-state index contributed by atoms with van der Waals surface area (Å²) in [4.78, 5) is -0.520. The van der Waals surface area contributed by atoms with E-state index in [1.54, 1.807) is 0 Å². The van der Waals surface area contributed by atoms with Crippen LogP contribution in [0, 0.1) is 17.5 Å². The third kappa shape index (κ3) is 2.25. The minimum Gasteiger partial charge on any atom is -0.207 e. The third-order valence-electron chi connectivity index (χ3n) is 3.10. The van der Waals surface area contributed by atoms with Gasteiger partial charge in [0.1, 0.15) is 5.82 Å². The molecule has 3 rings (SSSR count). The Kier molecular flexibility index (Phi) is 3.56. The molecule has 1 unspecified atom stereocenters. The van der Waals surface area contributed by atoms with Crippen molar-refractivity contribution in [2.24, 2.45) is 0 Å². The van der Waals surface area contributed by atoms with E-state index in [4.69, 9.17) is 0 Å². The molecule has 0 saturated heterocycles. The van der Waals surface area contributed by atoms with E-state index in [1.165, 1.54) is 11.3 Å². The molecule has 0 aliphatic rings. The SMILES string of the molecule is Fc1cc(F)c(C(Br)c2csc3ccccc23)cc1F. The first-order valence-electron chi connectivity index (χ1n) is 5.82. The Morgan fingerprint density at radius 3 is 2.40 bits per heavy atom. The quantitative estimate of drug-likeness (QED) is 0.402. The molecule has 0 saturated carbocycles. The molecule has 0 bridgehead atoms. The Morgan fingerprint density at radius 2 is 1.60 bits per heavy atom. The van der Waals surface area contributed by atoms with Gasteiger partial charge in [-0.2, -0.15) is 0 Å². The fourth-order valence-corrected chi connectivity index (χ4v) is 3.99. The number of halogens is 4. The van der Waals surface area contributed by atoms with Crippen LogP contribution in [0.4, 0.5) is 13.2 Å². The van der Waals surface area contributed by atoms with Gasteiger partial charge in [0.15, 0.2) is 11.6 Å². The number of hydrogen-bond acceptors (Lipinski definition) is 1. The van der Waals surface area contributed by atoms with Crippen molar-refractivity contribution in [3.05, 3.63) is 70.4 Å². The summed E-state index contributed by atoms with van der Waals surface area (Å²) in [6, 6.07) is 9.17. The summed E-state index contributed by atoms with van der Waals surface area (Å²) in [5.74, 6) is -2.99. The summed E-state index contributed by atoms with van der Waals surface area (Å²) in [7, 11) is 0. The summed E-state index contributed by atoms with van der Waals surface area (Å²) in [5, 5.41) is 2.87. The van der Waals surface area contributed by atoms with Crippen LogP contribution in [0.3, 0.4) is 0 Å². The molecule has 0 fully saturated rings. The van der Waals surface area contributed by atoms with Gasteiger partial charge in [0.25, 0.3) is 0 Å². The van der Waals surface area contributed by atoms with Gasteiger partial charge in [0.2, 0.25) is 0 Å². The number of benzene rings is 2. The molecule has 20 heavy (non-hydrogen) atoms. The highest BCUT2D eigenvalue weighted by atomic mass is 79.9. The van der Waals surface area contributed by atoms with Gasteiger partial charge < -0.3 is 0 Å². The van der Waals surface area contributed by atoms with E-state index in [0.717, 1.165) is 21.7 Å². The zero-order valence-corrected chi connectivity index (χ0v) is 12.4. The highest BCUT2D eigenvalue weighted by Crippen LogP contribution is 2.39. The lowest BCUT2D eigenvalue weighted by molar-refractivity contribution is 0.491. The third-order valence-corrected chi connectivity index (χ3v) is 5.06. The molecule has 0 radical (unpaired) electrons. The molecule has 1 atom stereocenters. The zero-order chi connectivity index (χ0) is 14.3. The molecule has 102 valence electrons. The van der Waals surface area contributed by atoms with Crippen LogP contribution < -0.4 is 0 Å². The molecule has 0 amide bonds. The van der Waals surface area contributed by atoms with E-state index < -0.39 is 22.3 Å². The lowest BCUT2D eigenvalue weighted by Gasteiger charge is -2.11. The molecule has 3 aromatic rings. The molecule has 0 aliphatic heterocycles. The molecule has 5 heteroatoms. The van der Waals surface area contributed by atoms with E-state index in [0.29, 0.717) is 6.07 Å². The average Bonchev–Trinajstić information content (AvgIpc) is 2.86. The van der Waals surface area contributed by atoms with Gasteiger partial charge in [-0.15, -0.1) is 11.3 Å². The first kappa shape index (κ1) is 13.6. The molecule has 0 nitrogen and oxygen atoms in total. The molecule has 2 aromatic carbocycles. The number of alkyl halides is 1. The minimum absolute atomic E-state index is 0.0902. The van der Waals surface area contributed by atoms with Gasteiger partial charge in [-0.3, -0.25) is 0 Å². The van der Waals surface area contributed by atoms with Crippen LogP contribution in [-0.4, -0.2) is 0 Å². The molecule has 0 spiro atoms. The van der Waals surface area contributed by atoms with Gasteiger partial charge in [-0.05, 0) is 28.5 Å². The lowest BCUT2D eigenvalue weighted by Crippen LogP contribution is -1.99. The second kappa shape index (κ2) is 5.22. The van der Waals surface area contributed by atoms with Crippen LogP contribution in [0.25, 0.3) is 10.1 Å². The fraction of sp³-hybridized carbons (Fsp3) is 0.0667. The van der Waals surface area contributed by atoms with Gasteiger partial charge in [-0.25, -0.2) is 13.2 Å². The summed E-state index contributed by atoms with van der Waals surface area (Å²) in [6.07, 6.45) is 0. The molecular weight excluding hydrogens is 349 g/mol. The molecule has 1 heterocycles. The van der Waals surface area contributed by atoms with Gasteiger partial charge in [-0.1, -0.05) is 34.1 Å². The summed E-state index contributed by atoms with van der Waals surface area (Å²) in [5.41, 5.74) is 0.933. The monoisotopic (exact) mass is 356 g/mol. The predicted octanol–water partition coefficient (Wildman–Crippen LogP) is 5.80. The van der Waals surface area contributed by atoms with E-state index in [9.17, 15) is 13.2 Å². The second-order valence-corrected chi connectivity index (χ2v) is 6.16. The molecular formula is C15H8BrF3S. The highest BCUT2D eigenvalue weighted by molar-refractivity contribution is 9.09. The number of thiophene rings is 1. The fourth-order valence-electron chi connectivity index (χ4n) is 2.09. The van der Waals surface area contributed by atoms with Crippen LogP contribution in [0.15, 0.2) is 41.8 Å². The minimum atomic E-state index is -1.18. The van der Waals surface area contributed by atoms with Crippen molar-refractivity contribution in [2.75, 3.05) is 0 Å². The summed E-state index contributed by atoms with van der Waals surface area (Å²) in [6.45, 7) is 0. The topological polar surface area (TPSA) is 0 Å². The first-order chi connectivity index (χ1) is 9.58. The average molecular weight is 357 g/mol. The van der Waals surface area contributed by atoms with Crippen molar-refractivity contribution in [3.63, 3.8) is 0 Å². The summed E-state index contributed by atoms with van der Waals surface area (Å²) < 4.78 is 41.2. The van der Waals surface area contributed by atoms with E-state index in [-0.39, 0.29) is 5.56 Å². The molecule has 0 aliphatic carbocycles. The Bertz CT molecular complexity index is 782. The van der Waals surface area contributed by atoms with Crippen molar-refractivity contribution in [1.29, 1.82) is 0 Å². The Labute approximate surface area is 126 Å². The maximum atomic E-state index is 13.8. The van der Waals surface area contributed by atoms with Crippen molar-refractivity contribution in [3.8, 4) is 0 Å². The van der Waals surface area contributed by atoms with E-state index in [2.05, 4.69) is 15.9 Å². The van der Waals surface area contributed by atoms with E-state index >= 15 is 0 Å². The standard InChI is InChI=1S/C15H8BrF3S/c16-15(9-5-12(18)13(19)6-11(9)17)10-7-20-14-4-2-1-3-8(10)14/h1-7,15H. The normalized spacial score (nSPS) is 12.8. The second-order valence-electron chi connectivity index (χ2n) is 4.34.